The first-order chi connectivity index (χ1) is 9.95. The molecule has 1 heterocycles. The zero-order chi connectivity index (χ0) is 15.6. The molecule has 0 aliphatic heterocycles. The van der Waals surface area contributed by atoms with Gasteiger partial charge in [-0.1, -0.05) is 6.92 Å². The van der Waals surface area contributed by atoms with Crippen LogP contribution in [0.25, 0.3) is 0 Å². The molecule has 0 bridgehead atoms. The van der Waals surface area contributed by atoms with Gasteiger partial charge in [-0.3, -0.25) is 9.48 Å². The van der Waals surface area contributed by atoms with Crippen molar-refractivity contribution in [3.63, 3.8) is 0 Å². The lowest BCUT2D eigenvalue weighted by molar-refractivity contribution is -0.148. The van der Waals surface area contributed by atoms with E-state index in [-0.39, 0.29) is 12.0 Å². The van der Waals surface area contributed by atoms with Gasteiger partial charge in [0.15, 0.2) is 0 Å². The lowest BCUT2D eigenvalue weighted by Crippen LogP contribution is -2.51. The number of nitrogens with one attached hydrogen (secondary N) is 1. The van der Waals surface area contributed by atoms with E-state index in [1.807, 2.05) is 6.92 Å². The fraction of sp³-hybridized carbons (Fsp3) is 0.750. The molecule has 0 amide bonds. The molecule has 1 aliphatic rings. The van der Waals surface area contributed by atoms with Crippen molar-refractivity contribution in [1.82, 2.24) is 15.1 Å². The predicted octanol–water partition coefficient (Wildman–Crippen LogP) is 2.44. The van der Waals surface area contributed by atoms with Gasteiger partial charge in [-0.25, -0.2) is 0 Å². The Hall–Kier alpha value is -1.36. The van der Waals surface area contributed by atoms with Gasteiger partial charge < -0.3 is 10.1 Å². The van der Waals surface area contributed by atoms with Gasteiger partial charge in [-0.2, -0.15) is 5.10 Å². The average molecular weight is 293 g/mol. The summed E-state index contributed by atoms with van der Waals surface area (Å²) in [6.07, 6.45) is 3.51. The van der Waals surface area contributed by atoms with E-state index in [9.17, 15) is 4.79 Å². The number of hydrogen-bond acceptors (Lipinski definition) is 4. The Morgan fingerprint density at radius 3 is 2.71 bits per heavy atom. The molecule has 2 unspecified atom stereocenters. The Balaban J connectivity index is 2.23. The van der Waals surface area contributed by atoms with Crippen molar-refractivity contribution in [2.75, 3.05) is 13.7 Å². The van der Waals surface area contributed by atoms with Crippen LogP contribution in [0.3, 0.4) is 0 Å². The normalized spacial score (nSPS) is 25.3. The second kappa shape index (κ2) is 6.18. The molecule has 21 heavy (non-hydrogen) atoms. The number of nitrogens with zero attached hydrogens (tertiary/aromatic N) is 2. The summed E-state index contributed by atoms with van der Waals surface area (Å²) in [6.45, 7) is 9.18. The fourth-order valence-electron chi connectivity index (χ4n) is 3.31. The highest BCUT2D eigenvalue weighted by Gasteiger charge is 2.47. The average Bonchev–Trinajstić information content (AvgIpc) is 3.02. The minimum atomic E-state index is -0.546. The molecule has 1 aliphatic carbocycles. The van der Waals surface area contributed by atoms with Gasteiger partial charge in [0.25, 0.3) is 0 Å². The van der Waals surface area contributed by atoms with E-state index >= 15 is 0 Å². The summed E-state index contributed by atoms with van der Waals surface area (Å²) in [5, 5.41) is 8.08. The number of rotatable bonds is 5. The summed E-state index contributed by atoms with van der Waals surface area (Å²) in [7, 11) is 1.47. The molecule has 1 fully saturated rings. The number of hydrogen-bond donors (Lipinski definition) is 1. The van der Waals surface area contributed by atoms with Crippen LogP contribution < -0.4 is 5.32 Å². The molecule has 0 saturated heterocycles. The lowest BCUT2D eigenvalue weighted by Gasteiger charge is -2.27. The van der Waals surface area contributed by atoms with Crippen LogP contribution in [-0.2, 0) is 9.53 Å². The SMILES string of the molecule is CCCNC1(C(=O)OC)CCC(n2nc(C)c(C)c2C)C1. The number of carbonyl (C=O) groups is 1. The number of aromatic nitrogens is 2. The maximum atomic E-state index is 12.3. The number of aryl methyl sites for hydroxylation is 1. The van der Waals surface area contributed by atoms with Crippen LogP contribution in [0.15, 0.2) is 0 Å². The van der Waals surface area contributed by atoms with Gasteiger partial charge in [-0.05, 0) is 58.6 Å². The first-order valence-electron chi connectivity index (χ1n) is 7.81. The van der Waals surface area contributed by atoms with Crippen molar-refractivity contribution >= 4 is 5.97 Å². The van der Waals surface area contributed by atoms with Crippen LogP contribution in [-0.4, -0.2) is 34.9 Å². The van der Waals surface area contributed by atoms with Crippen molar-refractivity contribution in [2.24, 2.45) is 0 Å². The topological polar surface area (TPSA) is 56.1 Å². The molecule has 2 atom stereocenters. The second-order valence-corrected chi connectivity index (χ2v) is 6.14. The van der Waals surface area contributed by atoms with Gasteiger partial charge >= 0.3 is 5.97 Å². The molecule has 5 nitrogen and oxygen atoms in total. The van der Waals surface area contributed by atoms with Gasteiger partial charge in [0.05, 0.1) is 18.8 Å². The zero-order valence-electron chi connectivity index (χ0n) is 13.8. The van der Waals surface area contributed by atoms with E-state index < -0.39 is 5.54 Å². The van der Waals surface area contributed by atoms with E-state index in [0.717, 1.165) is 37.9 Å². The smallest absolute Gasteiger partial charge is 0.326 e. The Bertz CT molecular complexity index is 524. The molecular formula is C16H27N3O2. The van der Waals surface area contributed by atoms with Gasteiger partial charge in [-0.15, -0.1) is 0 Å². The minimum absolute atomic E-state index is 0.142. The summed E-state index contributed by atoms with van der Waals surface area (Å²) in [4.78, 5) is 12.3. The van der Waals surface area contributed by atoms with Crippen LogP contribution >= 0.6 is 0 Å². The van der Waals surface area contributed by atoms with Gasteiger partial charge in [0.1, 0.15) is 5.54 Å². The second-order valence-electron chi connectivity index (χ2n) is 6.14. The molecule has 1 saturated carbocycles. The maximum Gasteiger partial charge on any atom is 0.326 e. The van der Waals surface area contributed by atoms with Crippen LogP contribution in [0.1, 0.15) is 55.6 Å². The monoisotopic (exact) mass is 293 g/mol. The highest BCUT2D eigenvalue weighted by molar-refractivity contribution is 5.81. The third-order valence-corrected chi connectivity index (χ3v) is 4.81. The lowest BCUT2D eigenvalue weighted by atomic mass is 9.97. The van der Waals surface area contributed by atoms with Crippen molar-refractivity contribution in [3.8, 4) is 0 Å². The fourth-order valence-corrected chi connectivity index (χ4v) is 3.31. The summed E-state index contributed by atoms with van der Waals surface area (Å²) >= 11 is 0. The van der Waals surface area contributed by atoms with Crippen molar-refractivity contribution in [1.29, 1.82) is 0 Å². The summed E-state index contributed by atoms with van der Waals surface area (Å²) in [5.41, 5.74) is 2.97. The summed E-state index contributed by atoms with van der Waals surface area (Å²) in [5.74, 6) is -0.142. The summed E-state index contributed by atoms with van der Waals surface area (Å²) in [6, 6.07) is 0.265. The molecule has 0 spiro atoms. The van der Waals surface area contributed by atoms with E-state index in [2.05, 4.69) is 35.9 Å². The molecule has 1 aromatic heterocycles. The van der Waals surface area contributed by atoms with Crippen LogP contribution in [0.2, 0.25) is 0 Å². The van der Waals surface area contributed by atoms with E-state index in [1.165, 1.54) is 18.4 Å². The Morgan fingerprint density at radius 1 is 1.48 bits per heavy atom. The quantitative estimate of drug-likeness (QED) is 0.847. The first-order valence-corrected chi connectivity index (χ1v) is 7.81. The van der Waals surface area contributed by atoms with E-state index in [4.69, 9.17) is 4.74 Å². The molecular weight excluding hydrogens is 266 g/mol. The minimum Gasteiger partial charge on any atom is -0.468 e. The van der Waals surface area contributed by atoms with E-state index in [1.54, 1.807) is 0 Å². The third-order valence-electron chi connectivity index (χ3n) is 4.81. The molecule has 0 aromatic carbocycles. The number of esters is 1. The highest BCUT2D eigenvalue weighted by atomic mass is 16.5. The molecule has 118 valence electrons. The van der Waals surface area contributed by atoms with Crippen molar-refractivity contribution < 1.29 is 9.53 Å². The molecule has 1 N–H and O–H groups in total. The standard InChI is InChI=1S/C16H27N3O2/c1-6-9-17-16(15(20)21-5)8-7-14(10-16)19-13(4)11(2)12(3)18-19/h14,17H,6-10H2,1-5H3. The van der Waals surface area contributed by atoms with Gasteiger partial charge in [0.2, 0.25) is 0 Å². The Labute approximate surface area is 127 Å². The number of ether oxygens (including phenoxy) is 1. The van der Waals surface area contributed by atoms with Crippen LogP contribution in [0, 0.1) is 20.8 Å². The number of methoxy groups -OCH3 is 1. The third kappa shape index (κ3) is 2.84. The molecule has 5 heteroatoms. The maximum absolute atomic E-state index is 12.3. The number of carbonyl (C=O) groups excluding carboxylic acids is 1. The Kier molecular flexibility index (Phi) is 4.71. The highest BCUT2D eigenvalue weighted by Crippen LogP contribution is 2.39. The first kappa shape index (κ1) is 16.0. The molecule has 0 radical (unpaired) electrons. The largest absolute Gasteiger partial charge is 0.468 e. The van der Waals surface area contributed by atoms with Crippen molar-refractivity contribution in [3.05, 3.63) is 17.0 Å². The van der Waals surface area contributed by atoms with Crippen LogP contribution in [0.4, 0.5) is 0 Å². The summed E-state index contributed by atoms with van der Waals surface area (Å²) < 4.78 is 7.15. The van der Waals surface area contributed by atoms with Gasteiger partial charge in [0, 0.05) is 5.69 Å². The van der Waals surface area contributed by atoms with E-state index in [0.29, 0.717) is 0 Å². The zero-order valence-corrected chi connectivity index (χ0v) is 13.8. The molecule has 1 aromatic rings. The van der Waals surface area contributed by atoms with Crippen LogP contribution in [0.5, 0.6) is 0 Å². The van der Waals surface area contributed by atoms with Crippen molar-refractivity contribution in [2.45, 2.75) is 65.0 Å². The predicted molar refractivity (Wildman–Crippen MR) is 82.4 cm³/mol. The Morgan fingerprint density at radius 2 is 2.19 bits per heavy atom. The molecule has 2 rings (SSSR count).